The molecule has 0 aliphatic rings. The zero-order valence-electron chi connectivity index (χ0n) is 11.0. The van der Waals surface area contributed by atoms with E-state index in [1.165, 1.54) is 0 Å². The summed E-state index contributed by atoms with van der Waals surface area (Å²) in [6, 6.07) is 11.3. The molecule has 0 unspecified atom stereocenters. The fourth-order valence-electron chi connectivity index (χ4n) is 2.16. The topological polar surface area (TPSA) is 40.5 Å². The number of aryl methyl sites for hydroxylation is 2. The summed E-state index contributed by atoms with van der Waals surface area (Å²) in [6.45, 7) is 3.79. The Bertz CT molecular complexity index is 542. The summed E-state index contributed by atoms with van der Waals surface area (Å²) in [5, 5.41) is 20.0. The molecule has 0 amide bonds. The van der Waals surface area contributed by atoms with Crippen LogP contribution in [0.5, 0.6) is 11.5 Å². The monoisotopic (exact) mass is 320 g/mol. The van der Waals surface area contributed by atoms with Crippen molar-refractivity contribution in [2.24, 2.45) is 0 Å². The summed E-state index contributed by atoms with van der Waals surface area (Å²) >= 11 is 3.55. The summed E-state index contributed by atoms with van der Waals surface area (Å²) in [6.07, 6.45) is 0. The lowest BCUT2D eigenvalue weighted by Gasteiger charge is -2.17. The van der Waals surface area contributed by atoms with E-state index in [9.17, 15) is 10.2 Å². The Hall–Kier alpha value is -1.48. The molecule has 0 saturated carbocycles. The Balaban J connectivity index is 2.43. The molecule has 0 saturated heterocycles. The third-order valence-corrected chi connectivity index (χ3v) is 4.05. The third kappa shape index (κ3) is 2.92. The van der Waals surface area contributed by atoms with Crippen LogP contribution in [0.3, 0.4) is 0 Å². The number of phenols is 2. The number of hydrogen-bond acceptors (Lipinski definition) is 2. The highest BCUT2D eigenvalue weighted by molar-refractivity contribution is 9.09. The summed E-state index contributed by atoms with van der Waals surface area (Å²) in [4.78, 5) is 0. The van der Waals surface area contributed by atoms with Crippen LogP contribution in [-0.4, -0.2) is 15.5 Å². The van der Waals surface area contributed by atoms with E-state index in [0.29, 0.717) is 11.5 Å². The van der Waals surface area contributed by atoms with Crippen LogP contribution in [0.15, 0.2) is 36.4 Å². The van der Waals surface area contributed by atoms with E-state index in [0.717, 1.165) is 27.6 Å². The molecule has 3 heteroatoms. The van der Waals surface area contributed by atoms with Gasteiger partial charge in [0.25, 0.3) is 0 Å². The zero-order chi connectivity index (χ0) is 14.0. The molecule has 0 aromatic heterocycles. The Kier molecular flexibility index (Phi) is 4.15. The van der Waals surface area contributed by atoms with Crippen molar-refractivity contribution >= 4 is 15.9 Å². The first-order chi connectivity index (χ1) is 9.02. The number of phenolic OH excluding ortho intramolecular Hbond substituents is 2. The maximum absolute atomic E-state index is 9.60. The number of rotatable bonds is 3. The molecule has 2 N–H and O–H groups in total. The van der Waals surface area contributed by atoms with Crippen LogP contribution >= 0.6 is 15.9 Å². The minimum absolute atomic E-state index is 0.207. The average Bonchev–Trinajstić information content (AvgIpc) is 2.39. The van der Waals surface area contributed by atoms with Gasteiger partial charge in [-0.05, 0) is 48.2 Å². The highest BCUT2D eigenvalue weighted by Gasteiger charge is 2.14. The van der Waals surface area contributed by atoms with Crippen LogP contribution in [0.1, 0.15) is 28.2 Å². The fraction of sp³-hybridized carbons (Fsp3) is 0.250. The minimum Gasteiger partial charge on any atom is -0.508 e. The zero-order valence-corrected chi connectivity index (χ0v) is 12.6. The lowest BCUT2D eigenvalue weighted by atomic mass is 9.91. The van der Waals surface area contributed by atoms with Gasteiger partial charge in [0, 0.05) is 11.2 Å². The van der Waals surface area contributed by atoms with Crippen LogP contribution in [0, 0.1) is 13.8 Å². The first kappa shape index (κ1) is 13.9. The summed E-state index contributed by atoms with van der Waals surface area (Å²) < 4.78 is 0. The van der Waals surface area contributed by atoms with Gasteiger partial charge in [-0.2, -0.15) is 0 Å². The second kappa shape index (κ2) is 5.66. The molecule has 0 radical (unpaired) electrons. The minimum atomic E-state index is 0.207. The summed E-state index contributed by atoms with van der Waals surface area (Å²) in [5.41, 5.74) is 4.05. The van der Waals surface area contributed by atoms with E-state index in [1.54, 1.807) is 12.1 Å². The molecule has 0 aliphatic carbocycles. The molecule has 100 valence electrons. The van der Waals surface area contributed by atoms with Gasteiger partial charge in [0.05, 0.1) is 0 Å². The van der Waals surface area contributed by atoms with Gasteiger partial charge in [0.15, 0.2) is 0 Å². The lowest BCUT2D eigenvalue weighted by molar-refractivity contribution is 0.470. The predicted molar refractivity (Wildman–Crippen MR) is 81.3 cm³/mol. The number of alkyl halides is 1. The van der Waals surface area contributed by atoms with Crippen molar-refractivity contribution in [1.29, 1.82) is 0 Å². The lowest BCUT2D eigenvalue weighted by Crippen LogP contribution is -2.03. The first-order valence-corrected chi connectivity index (χ1v) is 7.30. The van der Waals surface area contributed by atoms with Gasteiger partial charge in [-0.25, -0.2) is 0 Å². The van der Waals surface area contributed by atoms with Gasteiger partial charge in [-0.1, -0.05) is 40.2 Å². The van der Waals surface area contributed by atoms with E-state index in [2.05, 4.69) is 15.9 Å². The molecule has 0 atom stereocenters. The van der Waals surface area contributed by atoms with Crippen LogP contribution in [0.25, 0.3) is 0 Å². The maximum atomic E-state index is 9.60. The van der Waals surface area contributed by atoms with E-state index in [4.69, 9.17) is 0 Å². The second-order valence-corrected chi connectivity index (χ2v) is 5.45. The van der Waals surface area contributed by atoms with Gasteiger partial charge in [0.2, 0.25) is 0 Å². The standard InChI is InChI=1S/C16H17BrO2/c1-10-7-12(3-5-15(10)18)14(9-17)13-4-6-16(19)11(2)8-13/h3-8,14,18-19H,9H2,1-2H3. The molecule has 2 aromatic carbocycles. The van der Waals surface area contributed by atoms with Crippen LogP contribution < -0.4 is 0 Å². The SMILES string of the molecule is Cc1cc(C(CBr)c2ccc(O)c(C)c2)ccc1O. The second-order valence-electron chi connectivity index (χ2n) is 4.80. The molecular weight excluding hydrogens is 304 g/mol. The Labute approximate surface area is 121 Å². The third-order valence-electron chi connectivity index (χ3n) is 3.40. The average molecular weight is 321 g/mol. The van der Waals surface area contributed by atoms with Crippen LogP contribution in [0.4, 0.5) is 0 Å². The van der Waals surface area contributed by atoms with Crippen molar-refractivity contribution < 1.29 is 10.2 Å². The number of aromatic hydroxyl groups is 2. The molecule has 0 bridgehead atoms. The highest BCUT2D eigenvalue weighted by atomic mass is 79.9. The highest BCUT2D eigenvalue weighted by Crippen LogP contribution is 2.31. The van der Waals surface area contributed by atoms with Gasteiger partial charge in [-0.3, -0.25) is 0 Å². The Morgan fingerprint density at radius 3 is 1.63 bits per heavy atom. The smallest absolute Gasteiger partial charge is 0.118 e. The van der Waals surface area contributed by atoms with Gasteiger partial charge in [0.1, 0.15) is 11.5 Å². The number of halogens is 1. The fourth-order valence-corrected chi connectivity index (χ4v) is 2.91. The van der Waals surface area contributed by atoms with Gasteiger partial charge >= 0.3 is 0 Å². The molecule has 2 rings (SSSR count). The molecule has 0 aliphatic heterocycles. The van der Waals surface area contributed by atoms with Crippen LogP contribution in [0.2, 0.25) is 0 Å². The summed E-state index contributed by atoms with van der Waals surface area (Å²) in [7, 11) is 0. The molecular formula is C16H17BrO2. The van der Waals surface area contributed by atoms with E-state index >= 15 is 0 Å². The van der Waals surface area contributed by atoms with Crippen molar-refractivity contribution in [2.75, 3.05) is 5.33 Å². The predicted octanol–water partition coefficient (Wildman–Crippen LogP) is 4.24. The molecule has 0 heterocycles. The van der Waals surface area contributed by atoms with Crippen molar-refractivity contribution in [1.82, 2.24) is 0 Å². The molecule has 0 spiro atoms. The van der Waals surface area contributed by atoms with Gasteiger partial charge < -0.3 is 10.2 Å². The molecule has 0 fully saturated rings. The van der Waals surface area contributed by atoms with Crippen molar-refractivity contribution in [3.8, 4) is 11.5 Å². The largest absolute Gasteiger partial charge is 0.508 e. The van der Waals surface area contributed by atoms with Crippen molar-refractivity contribution in [3.05, 3.63) is 58.7 Å². The van der Waals surface area contributed by atoms with E-state index < -0.39 is 0 Å². The van der Waals surface area contributed by atoms with E-state index in [1.807, 2.05) is 38.1 Å². The Morgan fingerprint density at radius 1 is 0.895 bits per heavy atom. The van der Waals surface area contributed by atoms with Crippen LogP contribution in [-0.2, 0) is 0 Å². The maximum Gasteiger partial charge on any atom is 0.118 e. The normalized spacial score (nSPS) is 10.9. The van der Waals surface area contributed by atoms with Gasteiger partial charge in [-0.15, -0.1) is 0 Å². The van der Waals surface area contributed by atoms with Crippen molar-refractivity contribution in [3.63, 3.8) is 0 Å². The van der Waals surface area contributed by atoms with Crippen molar-refractivity contribution in [2.45, 2.75) is 19.8 Å². The molecule has 19 heavy (non-hydrogen) atoms. The van der Waals surface area contributed by atoms with E-state index in [-0.39, 0.29) is 5.92 Å². The number of hydrogen-bond donors (Lipinski definition) is 2. The quantitative estimate of drug-likeness (QED) is 0.830. The molecule has 2 aromatic rings. The number of benzene rings is 2. The Morgan fingerprint density at radius 2 is 1.32 bits per heavy atom. The molecule has 2 nitrogen and oxygen atoms in total. The first-order valence-electron chi connectivity index (χ1n) is 6.18. The summed E-state index contributed by atoms with van der Waals surface area (Å²) in [5.74, 6) is 0.844.